The molecule has 0 spiro atoms. The number of benzene rings is 3. The Labute approximate surface area is 177 Å². The monoisotopic (exact) mass is 402 g/mol. The number of methoxy groups -OCH3 is 2. The Balaban J connectivity index is 1.60. The minimum absolute atomic E-state index is 0.0162. The Kier molecular flexibility index (Phi) is 5.89. The second-order valence-corrected chi connectivity index (χ2v) is 7.35. The number of hydrogen-bond donors (Lipinski definition) is 1. The molecule has 0 aromatic heterocycles. The normalized spacial score (nSPS) is 15.3. The minimum Gasteiger partial charge on any atom is -0.493 e. The number of ether oxygens (including phenoxy) is 2. The van der Waals surface area contributed by atoms with E-state index in [1.54, 1.807) is 26.4 Å². The van der Waals surface area contributed by atoms with Gasteiger partial charge in [0.15, 0.2) is 11.5 Å². The van der Waals surface area contributed by atoms with Crippen LogP contribution in [0.2, 0.25) is 0 Å². The highest BCUT2D eigenvalue weighted by molar-refractivity contribution is 5.90. The molecule has 4 rings (SSSR count). The first-order valence-corrected chi connectivity index (χ1v) is 10.1. The Morgan fingerprint density at radius 2 is 1.70 bits per heavy atom. The number of amides is 2. The van der Waals surface area contributed by atoms with Gasteiger partial charge in [0, 0.05) is 18.3 Å². The fraction of sp³-hybridized carbons (Fsp3) is 0.240. The summed E-state index contributed by atoms with van der Waals surface area (Å²) in [6, 6.07) is 24.0. The van der Waals surface area contributed by atoms with Gasteiger partial charge in [0.2, 0.25) is 0 Å². The van der Waals surface area contributed by atoms with Crippen molar-refractivity contribution in [2.45, 2.75) is 18.9 Å². The molecular weight excluding hydrogens is 376 g/mol. The Hall–Kier alpha value is -3.47. The number of hydrogen-bond acceptors (Lipinski definition) is 3. The zero-order valence-corrected chi connectivity index (χ0v) is 17.3. The molecule has 1 aliphatic heterocycles. The van der Waals surface area contributed by atoms with Crippen molar-refractivity contribution < 1.29 is 14.3 Å². The van der Waals surface area contributed by atoms with Crippen LogP contribution in [0, 0.1) is 0 Å². The summed E-state index contributed by atoms with van der Waals surface area (Å²) in [6.45, 7) is 0.674. The molecule has 3 aromatic carbocycles. The van der Waals surface area contributed by atoms with Crippen molar-refractivity contribution in [3.63, 3.8) is 0 Å². The van der Waals surface area contributed by atoms with Crippen LogP contribution < -0.4 is 14.8 Å². The van der Waals surface area contributed by atoms with Gasteiger partial charge >= 0.3 is 6.03 Å². The average Bonchev–Trinajstić information content (AvgIpc) is 2.79. The third-order valence-electron chi connectivity index (χ3n) is 5.58. The Bertz CT molecular complexity index is 1020. The van der Waals surface area contributed by atoms with E-state index in [9.17, 15) is 4.79 Å². The van der Waals surface area contributed by atoms with Crippen molar-refractivity contribution in [3.05, 3.63) is 89.5 Å². The Morgan fingerprint density at radius 1 is 0.967 bits per heavy atom. The van der Waals surface area contributed by atoms with Crippen LogP contribution >= 0.6 is 0 Å². The van der Waals surface area contributed by atoms with E-state index in [1.165, 1.54) is 16.7 Å². The van der Waals surface area contributed by atoms with Gasteiger partial charge < -0.3 is 19.7 Å². The van der Waals surface area contributed by atoms with Crippen molar-refractivity contribution >= 4 is 11.7 Å². The molecule has 154 valence electrons. The van der Waals surface area contributed by atoms with Crippen LogP contribution in [0.4, 0.5) is 10.5 Å². The second-order valence-electron chi connectivity index (χ2n) is 7.35. The van der Waals surface area contributed by atoms with E-state index in [0.29, 0.717) is 23.7 Å². The number of rotatable bonds is 5. The summed E-state index contributed by atoms with van der Waals surface area (Å²) >= 11 is 0. The summed E-state index contributed by atoms with van der Waals surface area (Å²) in [7, 11) is 3.18. The van der Waals surface area contributed by atoms with Gasteiger partial charge in [-0.25, -0.2) is 4.79 Å². The quantitative estimate of drug-likeness (QED) is 0.648. The zero-order valence-electron chi connectivity index (χ0n) is 17.3. The van der Waals surface area contributed by atoms with E-state index in [2.05, 4.69) is 35.6 Å². The summed E-state index contributed by atoms with van der Waals surface area (Å²) in [5.74, 6) is 1.21. The van der Waals surface area contributed by atoms with Crippen LogP contribution in [-0.2, 0) is 12.8 Å². The fourth-order valence-corrected chi connectivity index (χ4v) is 4.06. The molecule has 0 saturated carbocycles. The summed E-state index contributed by atoms with van der Waals surface area (Å²) in [5, 5.41) is 3.04. The van der Waals surface area contributed by atoms with E-state index in [0.717, 1.165) is 12.8 Å². The van der Waals surface area contributed by atoms with Crippen LogP contribution in [0.1, 0.15) is 22.7 Å². The van der Waals surface area contributed by atoms with Gasteiger partial charge in [-0.15, -0.1) is 0 Å². The smallest absolute Gasteiger partial charge is 0.322 e. The highest BCUT2D eigenvalue weighted by Crippen LogP contribution is 2.34. The molecule has 1 atom stereocenters. The second kappa shape index (κ2) is 8.91. The van der Waals surface area contributed by atoms with Gasteiger partial charge in [0.05, 0.1) is 20.3 Å². The van der Waals surface area contributed by atoms with E-state index in [4.69, 9.17) is 9.47 Å². The first-order chi connectivity index (χ1) is 14.7. The topological polar surface area (TPSA) is 50.8 Å². The zero-order chi connectivity index (χ0) is 20.9. The number of carbonyl (C=O) groups is 1. The van der Waals surface area contributed by atoms with Crippen LogP contribution in [0.3, 0.4) is 0 Å². The van der Waals surface area contributed by atoms with Crippen LogP contribution in [0.5, 0.6) is 11.5 Å². The highest BCUT2D eigenvalue weighted by Gasteiger charge is 2.31. The summed E-state index contributed by atoms with van der Waals surface area (Å²) in [4.78, 5) is 15.2. The molecule has 2 amide bonds. The van der Waals surface area contributed by atoms with Gasteiger partial charge in [-0.3, -0.25) is 0 Å². The van der Waals surface area contributed by atoms with Gasteiger partial charge in [0.25, 0.3) is 0 Å². The molecule has 0 fully saturated rings. The SMILES string of the molecule is COc1ccc(NC(=O)N2CCc3ccccc3[C@@H]2Cc2ccccc2)cc1OC. The predicted molar refractivity (Wildman–Crippen MR) is 118 cm³/mol. The average molecular weight is 402 g/mol. The van der Waals surface area contributed by atoms with Gasteiger partial charge in [0.1, 0.15) is 0 Å². The lowest BCUT2D eigenvalue weighted by Gasteiger charge is -2.37. The molecule has 1 N–H and O–H groups in total. The number of urea groups is 1. The number of nitrogens with zero attached hydrogens (tertiary/aromatic N) is 1. The third-order valence-corrected chi connectivity index (χ3v) is 5.58. The molecule has 1 heterocycles. The van der Waals surface area contributed by atoms with Crippen LogP contribution in [0.15, 0.2) is 72.8 Å². The van der Waals surface area contributed by atoms with Gasteiger partial charge in [-0.2, -0.15) is 0 Å². The maximum Gasteiger partial charge on any atom is 0.322 e. The molecule has 0 aliphatic carbocycles. The van der Waals surface area contributed by atoms with Gasteiger partial charge in [-0.1, -0.05) is 54.6 Å². The van der Waals surface area contributed by atoms with Crippen molar-refractivity contribution in [1.82, 2.24) is 4.90 Å². The summed E-state index contributed by atoms with van der Waals surface area (Å²) in [6.07, 6.45) is 1.62. The third kappa shape index (κ3) is 4.10. The van der Waals surface area contributed by atoms with Crippen LogP contribution in [-0.4, -0.2) is 31.7 Å². The first-order valence-electron chi connectivity index (χ1n) is 10.1. The summed E-state index contributed by atoms with van der Waals surface area (Å²) in [5.41, 5.74) is 4.42. The van der Waals surface area contributed by atoms with Gasteiger partial charge in [-0.05, 0) is 41.7 Å². The maximum atomic E-state index is 13.3. The van der Waals surface area contributed by atoms with E-state index in [1.807, 2.05) is 35.2 Å². The molecule has 0 unspecified atom stereocenters. The molecule has 1 aliphatic rings. The lowest BCUT2D eigenvalue weighted by atomic mass is 9.89. The maximum absolute atomic E-state index is 13.3. The lowest BCUT2D eigenvalue weighted by molar-refractivity contribution is 0.182. The summed E-state index contributed by atoms with van der Waals surface area (Å²) < 4.78 is 10.6. The number of nitrogens with one attached hydrogen (secondary N) is 1. The molecule has 0 saturated heterocycles. The van der Waals surface area contributed by atoms with E-state index >= 15 is 0 Å². The van der Waals surface area contributed by atoms with Crippen LogP contribution in [0.25, 0.3) is 0 Å². The lowest BCUT2D eigenvalue weighted by Crippen LogP contribution is -2.43. The largest absolute Gasteiger partial charge is 0.493 e. The Morgan fingerprint density at radius 3 is 2.47 bits per heavy atom. The van der Waals surface area contributed by atoms with E-state index in [-0.39, 0.29) is 12.1 Å². The van der Waals surface area contributed by atoms with Crippen molar-refractivity contribution in [1.29, 1.82) is 0 Å². The number of anilines is 1. The molecule has 30 heavy (non-hydrogen) atoms. The molecule has 3 aromatic rings. The van der Waals surface area contributed by atoms with Crippen molar-refractivity contribution in [2.24, 2.45) is 0 Å². The molecule has 5 heteroatoms. The molecule has 0 bridgehead atoms. The fourth-order valence-electron chi connectivity index (χ4n) is 4.06. The highest BCUT2D eigenvalue weighted by atomic mass is 16.5. The molecule has 0 radical (unpaired) electrons. The number of carbonyl (C=O) groups excluding carboxylic acids is 1. The molecule has 5 nitrogen and oxygen atoms in total. The number of fused-ring (bicyclic) bond motifs is 1. The predicted octanol–water partition coefficient (Wildman–Crippen LogP) is 5.08. The van der Waals surface area contributed by atoms with E-state index < -0.39 is 0 Å². The molecular formula is C25H26N2O3. The standard InChI is InChI=1S/C25H26N2O3/c1-29-23-13-12-20(17-24(23)30-2)26-25(28)27-15-14-19-10-6-7-11-21(19)22(27)16-18-8-4-3-5-9-18/h3-13,17,22H,14-16H2,1-2H3,(H,26,28)/t22-/m0/s1. The van der Waals surface area contributed by atoms with Crippen molar-refractivity contribution in [2.75, 3.05) is 26.1 Å². The minimum atomic E-state index is -0.113. The van der Waals surface area contributed by atoms with Crippen molar-refractivity contribution in [3.8, 4) is 11.5 Å². The first kappa shape index (κ1) is 19.8.